The van der Waals surface area contributed by atoms with E-state index in [4.69, 9.17) is 4.99 Å². The van der Waals surface area contributed by atoms with Gasteiger partial charge in [0.1, 0.15) is 0 Å². The molecule has 1 saturated carbocycles. The third-order valence-electron chi connectivity index (χ3n) is 5.00. The van der Waals surface area contributed by atoms with Crippen molar-refractivity contribution >= 4 is 17.7 Å². The Hall–Kier alpha value is -1.17. The molecule has 24 heavy (non-hydrogen) atoms. The van der Waals surface area contributed by atoms with E-state index in [9.17, 15) is 0 Å². The monoisotopic (exact) mass is 349 g/mol. The highest BCUT2D eigenvalue weighted by Crippen LogP contribution is 2.42. The van der Waals surface area contributed by atoms with Gasteiger partial charge in [-0.2, -0.15) is 16.9 Å². The predicted molar refractivity (Wildman–Crippen MR) is 103 cm³/mol. The van der Waals surface area contributed by atoms with Crippen molar-refractivity contribution in [1.29, 1.82) is 0 Å². The minimum absolute atomic E-state index is 0.478. The van der Waals surface area contributed by atoms with Crippen molar-refractivity contribution in [3.05, 3.63) is 18.0 Å². The van der Waals surface area contributed by atoms with Gasteiger partial charge in [0.25, 0.3) is 0 Å². The van der Waals surface area contributed by atoms with E-state index in [0.717, 1.165) is 38.7 Å². The Morgan fingerprint density at radius 2 is 2.21 bits per heavy atom. The first-order chi connectivity index (χ1) is 11.7. The molecule has 1 aliphatic heterocycles. The summed E-state index contributed by atoms with van der Waals surface area (Å²) in [5, 5.41) is 7.85. The summed E-state index contributed by atoms with van der Waals surface area (Å²) in [4.78, 5) is 7.38. The fraction of sp³-hybridized carbons (Fsp3) is 0.778. The number of nitrogens with one attached hydrogen (secondary N) is 1. The predicted octanol–water partition coefficient (Wildman–Crippen LogP) is 2.91. The molecule has 3 rings (SSSR count). The molecule has 0 atom stereocenters. The number of thioether (sulfide) groups is 1. The van der Waals surface area contributed by atoms with Gasteiger partial charge in [-0.3, -0.25) is 9.67 Å². The summed E-state index contributed by atoms with van der Waals surface area (Å²) in [6, 6.07) is 0. The summed E-state index contributed by atoms with van der Waals surface area (Å²) >= 11 is 2.21. The number of aryl methyl sites for hydroxylation is 1. The van der Waals surface area contributed by atoms with Crippen LogP contribution in [0.5, 0.6) is 0 Å². The van der Waals surface area contributed by atoms with Gasteiger partial charge in [0, 0.05) is 36.3 Å². The molecule has 1 aromatic heterocycles. The Morgan fingerprint density at radius 3 is 2.92 bits per heavy atom. The van der Waals surface area contributed by atoms with E-state index in [1.807, 2.05) is 10.9 Å². The summed E-state index contributed by atoms with van der Waals surface area (Å²) in [5.74, 6) is 2.31. The lowest BCUT2D eigenvalue weighted by Crippen LogP contribution is -2.53. The summed E-state index contributed by atoms with van der Waals surface area (Å²) < 4.78 is 2.46. The molecule has 1 aromatic rings. The Labute approximate surface area is 150 Å². The molecule has 2 aliphatic rings. The zero-order valence-corrected chi connectivity index (χ0v) is 15.9. The summed E-state index contributed by atoms with van der Waals surface area (Å²) in [7, 11) is 0. The smallest absolute Gasteiger partial charge is 0.194 e. The second kappa shape index (κ2) is 8.28. The van der Waals surface area contributed by atoms with Crippen LogP contribution in [0.2, 0.25) is 0 Å². The molecule has 5 nitrogen and oxygen atoms in total. The Kier molecular flexibility index (Phi) is 6.09. The summed E-state index contributed by atoms with van der Waals surface area (Å²) in [5.41, 5.74) is 1.21. The number of hydrogen-bond donors (Lipinski definition) is 1. The highest BCUT2D eigenvalue weighted by Gasteiger charge is 2.38. The van der Waals surface area contributed by atoms with Crippen LogP contribution in [0.15, 0.2) is 17.4 Å². The Morgan fingerprint density at radius 1 is 1.38 bits per heavy atom. The van der Waals surface area contributed by atoms with Crippen LogP contribution in [0.25, 0.3) is 0 Å². The van der Waals surface area contributed by atoms with E-state index in [0.29, 0.717) is 4.75 Å². The van der Waals surface area contributed by atoms with Gasteiger partial charge >= 0.3 is 0 Å². The normalized spacial score (nSPS) is 21.2. The Bertz CT molecular complexity index is 542. The van der Waals surface area contributed by atoms with Crippen molar-refractivity contribution in [1.82, 2.24) is 20.0 Å². The molecule has 1 aliphatic carbocycles. The number of guanidine groups is 1. The number of aliphatic imine (C=N–C) groups is 1. The molecule has 0 radical (unpaired) electrons. The van der Waals surface area contributed by atoms with Gasteiger partial charge in [-0.1, -0.05) is 19.3 Å². The average Bonchev–Trinajstić information content (AvgIpc) is 3.00. The van der Waals surface area contributed by atoms with E-state index in [2.05, 4.69) is 47.1 Å². The van der Waals surface area contributed by atoms with Gasteiger partial charge in [0.15, 0.2) is 5.96 Å². The zero-order chi connectivity index (χ0) is 16.8. The second-order valence-electron chi connectivity index (χ2n) is 7.03. The molecule has 0 amide bonds. The van der Waals surface area contributed by atoms with Crippen LogP contribution < -0.4 is 5.32 Å². The van der Waals surface area contributed by atoms with E-state index < -0.39 is 0 Å². The maximum Gasteiger partial charge on any atom is 0.194 e. The lowest BCUT2D eigenvalue weighted by atomic mass is 9.87. The third-order valence-corrected chi connectivity index (χ3v) is 6.54. The van der Waals surface area contributed by atoms with Crippen molar-refractivity contribution in [2.75, 3.05) is 31.9 Å². The quantitative estimate of drug-likeness (QED) is 0.671. The fourth-order valence-corrected chi connectivity index (χ4v) is 5.37. The molecular formula is C18H31N5S. The maximum absolute atomic E-state index is 4.88. The number of aromatic nitrogens is 2. The molecule has 0 unspecified atom stereocenters. The minimum Gasteiger partial charge on any atom is -0.357 e. The minimum atomic E-state index is 0.478. The zero-order valence-electron chi connectivity index (χ0n) is 15.1. The highest BCUT2D eigenvalue weighted by molar-refractivity contribution is 8.00. The van der Waals surface area contributed by atoms with Gasteiger partial charge in [-0.05, 0) is 32.3 Å². The lowest BCUT2D eigenvalue weighted by Gasteiger charge is -2.45. The molecular weight excluding hydrogens is 318 g/mol. The van der Waals surface area contributed by atoms with Crippen molar-refractivity contribution in [2.24, 2.45) is 4.99 Å². The van der Waals surface area contributed by atoms with Crippen LogP contribution in [0.1, 0.15) is 44.6 Å². The molecule has 134 valence electrons. The fourth-order valence-electron chi connectivity index (χ4n) is 3.80. The largest absolute Gasteiger partial charge is 0.357 e. The van der Waals surface area contributed by atoms with Crippen LogP contribution in [-0.2, 0) is 6.54 Å². The first kappa shape index (κ1) is 17.6. The summed E-state index contributed by atoms with van der Waals surface area (Å²) in [6.07, 6.45) is 10.9. The first-order valence-electron chi connectivity index (χ1n) is 9.37. The van der Waals surface area contributed by atoms with E-state index in [1.54, 1.807) is 0 Å². The standard InChI is InChI=1S/C18H31N5S/c1-3-19-17(20-9-10-23-14-16(2)13-21-23)22-11-12-24-18(15-22)7-5-4-6-8-18/h13-14H,3-12,15H2,1-2H3,(H,19,20). The van der Waals surface area contributed by atoms with Gasteiger partial charge in [-0.25, -0.2) is 0 Å². The van der Waals surface area contributed by atoms with Crippen molar-refractivity contribution < 1.29 is 0 Å². The molecule has 2 heterocycles. The van der Waals surface area contributed by atoms with Gasteiger partial charge in [0.05, 0.1) is 19.3 Å². The molecule has 2 fully saturated rings. The number of rotatable bonds is 4. The third kappa shape index (κ3) is 4.47. The van der Waals surface area contributed by atoms with Gasteiger partial charge in [-0.15, -0.1) is 0 Å². The Balaban J connectivity index is 1.61. The van der Waals surface area contributed by atoms with E-state index >= 15 is 0 Å². The van der Waals surface area contributed by atoms with E-state index in [-0.39, 0.29) is 0 Å². The molecule has 1 saturated heterocycles. The van der Waals surface area contributed by atoms with Crippen LogP contribution in [0.3, 0.4) is 0 Å². The lowest BCUT2D eigenvalue weighted by molar-refractivity contribution is 0.293. The summed E-state index contributed by atoms with van der Waals surface area (Å²) in [6.45, 7) is 9.05. The van der Waals surface area contributed by atoms with Crippen LogP contribution in [0, 0.1) is 6.92 Å². The van der Waals surface area contributed by atoms with Crippen molar-refractivity contribution in [3.8, 4) is 0 Å². The van der Waals surface area contributed by atoms with Crippen molar-refractivity contribution in [2.45, 2.75) is 57.2 Å². The maximum atomic E-state index is 4.88. The van der Waals surface area contributed by atoms with Gasteiger partial charge < -0.3 is 10.2 Å². The number of nitrogens with zero attached hydrogens (tertiary/aromatic N) is 4. The number of hydrogen-bond acceptors (Lipinski definition) is 3. The molecule has 1 N–H and O–H groups in total. The molecule has 0 aromatic carbocycles. The first-order valence-corrected chi connectivity index (χ1v) is 10.4. The second-order valence-corrected chi connectivity index (χ2v) is 8.59. The van der Waals surface area contributed by atoms with Crippen LogP contribution in [0.4, 0.5) is 0 Å². The average molecular weight is 350 g/mol. The van der Waals surface area contributed by atoms with Crippen LogP contribution in [-0.4, -0.2) is 57.3 Å². The SMILES string of the molecule is CCNC(=NCCn1cc(C)cn1)N1CCSC2(CCCCC2)C1. The topological polar surface area (TPSA) is 45.5 Å². The highest BCUT2D eigenvalue weighted by atomic mass is 32.2. The molecule has 0 bridgehead atoms. The molecule has 6 heteroatoms. The van der Waals surface area contributed by atoms with Crippen LogP contribution >= 0.6 is 11.8 Å². The molecule has 1 spiro atoms. The van der Waals surface area contributed by atoms with E-state index in [1.165, 1.54) is 43.4 Å². The van der Waals surface area contributed by atoms with Crippen molar-refractivity contribution in [3.63, 3.8) is 0 Å². The van der Waals surface area contributed by atoms with Gasteiger partial charge in [0.2, 0.25) is 0 Å².